The van der Waals surface area contributed by atoms with Gasteiger partial charge in [0.15, 0.2) is 0 Å². The van der Waals surface area contributed by atoms with Gasteiger partial charge in [-0.1, -0.05) is 30.3 Å². The van der Waals surface area contributed by atoms with Gasteiger partial charge in [0.25, 0.3) is 0 Å². The second kappa shape index (κ2) is 6.55. The van der Waals surface area contributed by atoms with Gasteiger partial charge in [-0.05, 0) is 18.2 Å². The van der Waals surface area contributed by atoms with E-state index >= 15 is 0 Å². The summed E-state index contributed by atoms with van der Waals surface area (Å²) in [6, 6.07) is 12.8. The second-order valence-electron chi connectivity index (χ2n) is 5.51. The van der Waals surface area contributed by atoms with Gasteiger partial charge >= 0.3 is 6.18 Å². The first-order chi connectivity index (χ1) is 11.5. The van der Waals surface area contributed by atoms with Crippen LogP contribution in [-0.2, 0) is 12.7 Å². The van der Waals surface area contributed by atoms with Crippen LogP contribution in [-0.4, -0.2) is 30.9 Å². The Morgan fingerprint density at radius 2 is 1.79 bits per heavy atom. The topological polar surface area (TPSA) is 24.8 Å². The van der Waals surface area contributed by atoms with Crippen LogP contribution in [0.1, 0.15) is 16.7 Å². The molecule has 1 heterocycles. The molecule has 24 heavy (non-hydrogen) atoms. The third-order valence-corrected chi connectivity index (χ3v) is 3.96. The molecule has 1 aliphatic rings. The van der Waals surface area contributed by atoms with Gasteiger partial charge in [0.2, 0.25) is 0 Å². The van der Waals surface area contributed by atoms with E-state index in [0.29, 0.717) is 18.7 Å². The molecule has 126 valence electrons. The third kappa shape index (κ3) is 3.37. The summed E-state index contributed by atoms with van der Waals surface area (Å²) in [5.74, 6) is 1.51. The lowest BCUT2D eigenvalue weighted by molar-refractivity contribution is -0.137. The first kappa shape index (κ1) is 16.4. The highest BCUT2D eigenvalue weighted by molar-refractivity contribution is 5.99. The maximum atomic E-state index is 12.7. The number of aliphatic imine (C=N–C) groups is 1. The molecule has 0 unspecified atom stereocenters. The molecule has 0 N–H and O–H groups in total. The molecule has 0 fully saturated rings. The largest absolute Gasteiger partial charge is 0.496 e. The van der Waals surface area contributed by atoms with Crippen molar-refractivity contribution in [2.24, 2.45) is 4.99 Å². The third-order valence-electron chi connectivity index (χ3n) is 3.96. The molecule has 0 saturated heterocycles. The van der Waals surface area contributed by atoms with Crippen LogP contribution < -0.4 is 4.74 Å². The minimum Gasteiger partial charge on any atom is -0.496 e. The molecule has 0 saturated carbocycles. The molecule has 0 bridgehead atoms. The van der Waals surface area contributed by atoms with Crippen molar-refractivity contribution in [3.8, 4) is 5.75 Å². The number of alkyl halides is 3. The molecular weight excluding hydrogens is 317 g/mol. The summed E-state index contributed by atoms with van der Waals surface area (Å²) >= 11 is 0. The van der Waals surface area contributed by atoms with Crippen molar-refractivity contribution in [3.05, 3.63) is 65.2 Å². The zero-order valence-electron chi connectivity index (χ0n) is 13.2. The number of halogens is 3. The van der Waals surface area contributed by atoms with Crippen molar-refractivity contribution < 1.29 is 17.9 Å². The summed E-state index contributed by atoms with van der Waals surface area (Å²) in [6.45, 7) is 1.96. The number of amidine groups is 1. The Morgan fingerprint density at radius 3 is 2.46 bits per heavy atom. The van der Waals surface area contributed by atoms with Crippen LogP contribution in [0.2, 0.25) is 0 Å². The summed E-state index contributed by atoms with van der Waals surface area (Å²) in [5.41, 5.74) is 1.05. The zero-order valence-corrected chi connectivity index (χ0v) is 13.2. The monoisotopic (exact) mass is 334 g/mol. The van der Waals surface area contributed by atoms with Crippen LogP contribution in [0, 0.1) is 0 Å². The number of rotatable bonds is 4. The fraction of sp³-hybridized carbons (Fsp3) is 0.278. The number of benzene rings is 2. The van der Waals surface area contributed by atoms with Gasteiger partial charge in [-0.2, -0.15) is 13.2 Å². The summed E-state index contributed by atoms with van der Waals surface area (Å²) in [4.78, 5) is 6.51. The predicted molar refractivity (Wildman–Crippen MR) is 86.3 cm³/mol. The van der Waals surface area contributed by atoms with Crippen molar-refractivity contribution in [1.29, 1.82) is 0 Å². The molecule has 3 rings (SSSR count). The van der Waals surface area contributed by atoms with E-state index in [4.69, 9.17) is 4.74 Å². The van der Waals surface area contributed by atoms with Crippen molar-refractivity contribution in [2.75, 3.05) is 20.2 Å². The highest BCUT2D eigenvalue weighted by atomic mass is 19.4. The van der Waals surface area contributed by atoms with E-state index in [1.165, 1.54) is 12.1 Å². The van der Waals surface area contributed by atoms with Gasteiger partial charge < -0.3 is 9.64 Å². The average molecular weight is 334 g/mol. The average Bonchev–Trinajstić information content (AvgIpc) is 3.03. The zero-order chi connectivity index (χ0) is 17.2. The van der Waals surface area contributed by atoms with Crippen molar-refractivity contribution in [3.63, 3.8) is 0 Å². The number of nitrogens with zero attached hydrogens (tertiary/aromatic N) is 2. The highest BCUT2D eigenvalue weighted by Crippen LogP contribution is 2.30. The van der Waals surface area contributed by atoms with E-state index in [1.807, 2.05) is 24.3 Å². The summed E-state index contributed by atoms with van der Waals surface area (Å²) in [5, 5.41) is 0. The summed E-state index contributed by atoms with van der Waals surface area (Å²) in [7, 11) is 1.62. The van der Waals surface area contributed by atoms with Gasteiger partial charge in [0.1, 0.15) is 11.6 Å². The molecule has 0 spiro atoms. The van der Waals surface area contributed by atoms with E-state index in [9.17, 15) is 13.2 Å². The smallest absolute Gasteiger partial charge is 0.416 e. The molecule has 2 aromatic rings. The number of hydrogen-bond donors (Lipinski definition) is 0. The van der Waals surface area contributed by atoms with Gasteiger partial charge in [0, 0.05) is 24.2 Å². The van der Waals surface area contributed by atoms with Crippen LogP contribution in [0.25, 0.3) is 0 Å². The SMILES string of the molecule is COc1ccccc1CN1CCN=C1c1ccc(C(F)(F)F)cc1. The molecule has 0 amide bonds. The van der Waals surface area contributed by atoms with Gasteiger partial charge in [-0.3, -0.25) is 4.99 Å². The first-order valence-electron chi connectivity index (χ1n) is 7.58. The Bertz CT molecular complexity index is 739. The number of hydrogen-bond acceptors (Lipinski definition) is 3. The Balaban J connectivity index is 1.81. The van der Waals surface area contributed by atoms with Crippen LogP contribution >= 0.6 is 0 Å². The summed E-state index contributed by atoms with van der Waals surface area (Å²) < 4.78 is 43.4. The molecule has 0 atom stereocenters. The normalized spacial score (nSPS) is 14.7. The Hall–Kier alpha value is -2.50. The highest BCUT2D eigenvalue weighted by Gasteiger charge is 2.30. The fourth-order valence-electron chi connectivity index (χ4n) is 2.76. The summed E-state index contributed by atoms with van der Waals surface area (Å²) in [6.07, 6.45) is -4.33. The number of para-hydroxylation sites is 1. The van der Waals surface area contributed by atoms with E-state index in [1.54, 1.807) is 7.11 Å². The van der Waals surface area contributed by atoms with Crippen LogP contribution in [0.3, 0.4) is 0 Å². The van der Waals surface area contributed by atoms with Crippen LogP contribution in [0.15, 0.2) is 53.5 Å². The number of methoxy groups -OCH3 is 1. The van der Waals surface area contributed by atoms with E-state index < -0.39 is 11.7 Å². The molecule has 0 aliphatic carbocycles. The minimum atomic E-state index is -4.33. The molecule has 6 heteroatoms. The minimum absolute atomic E-state index is 0.601. The van der Waals surface area contributed by atoms with Gasteiger partial charge in [-0.25, -0.2) is 0 Å². The van der Waals surface area contributed by atoms with E-state index in [-0.39, 0.29) is 0 Å². The van der Waals surface area contributed by atoms with E-state index in [2.05, 4.69) is 9.89 Å². The molecular formula is C18H17F3N2O. The Morgan fingerprint density at radius 1 is 1.08 bits per heavy atom. The van der Waals surface area contributed by atoms with Gasteiger partial charge in [-0.15, -0.1) is 0 Å². The maximum absolute atomic E-state index is 12.7. The lowest BCUT2D eigenvalue weighted by Gasteiger charge is -2.22. The molecule has 2 aromatic carbocycles. The van der Waals surface area contributed by atoms with Crippen molar-refractivity contribution in [2.45, 2.75) is 12.7 Å². The standard InChI is InChI=1S/C18H17F3N2O/c1-24-16-5-3-2-4-14(16)12-23-11-10-22-17(23)13-6-8-15(9-7-13)18(19,20)21/h2-9H,10-12H2,1H3. The quantitative estimate of drug-likeness (QED) is 0.845. The van der Waals surface area contributed by atoms with E-state index in [0.717, 1.165) is 35.8 Å². The van der Waals surface area contributed by atoms with Crippen molar-refractivity contribution >= 4 is 5.84 Å². The predicted octanol–water partition coefficient (Wildman–Crippen LogP) is 3.98. The second-order valence-corrected chi connectivity index (χ2v) is 5.51. The lowest BCUT2D eigenvalue weighted by Crippen LogP contribution is -2.28. The fourth-order valence-corrected chi connectivity index (χ4v) is 2.76. The molecule has 1 aliphatic heterocycles. The Kier molecular flexibility index (Phi) is 4.46. The lowest BCUT2D eigenvalue weighted by atomic mass is 10.1. The van der Waals surface area contributed by atoms with Crippen molar-refractivity contribution in [1.82, 2.24) is 4.90 Å². The maximum Gasteiger partial charge on any atom is 0.416 e. The van der Waals surface area contributed by atoms with Crippen LogP contribution in [0.5, 0.6) is 5.75 Å². The van der Waals surface area contributed by atoms with Crippen LogP contribution in [0.4, 0.5) is 13.2 Å². The molecule has 0 radical (unpaired) electrons. The van der Waals surface area contributed by atoms with Gasteiger partial charge in [0.05, 0.1) is 19.2 Å². The molecule has 3 nitrogen and oxygen atoms in total. The first-order valence-corrected chi connectivity index (χ1v) is 7.58. The number of ether oxygens (including phenoxy) is 1. The molecule has 0 aromatic heterocycles. The Labute approximate surface area is 138 Å².